The van der Waals surface area contributed by atoms with Crippen LogP contribution in [0, 0.1) is 5.92 Å². The molecule has 0 aromatic rings. The van der Waals surface area contributed by atoms with E-state index in [-0.39, 0.29) is 18.1 Å². The van der Waals surface area contributed by atoms with Crippen LogP contribution in [0.3, 0.4) is 0 Å². The first-order valence-corrected chi connectivity index (χ1v) is 7.39. The second-order valence-corrected chi connectivity index (χ2v) is 5.83. The molecule has 3 nitrogen and oxygen atoms in total. The molecule has 1 saturated heterocycles. The van der Waals surface area contributed by atoms with Crippen LogP contribution in [0.15, 0.2) is 0 Å². The van der Waals surface area contributed by atoms with Crippen LogP contribution >= 0.6 is 0 Å². The molecule has 1 atom stereocenters. The Balaban J connectivity index is 2.14. The van der Waals surface area contributed by atoms with Gasteiger partial charge in [-0.1, -0.05) is 25.7 Å². The van der Waals surface area contributed by atoms with E-state index < -0.39 is 0 Å². The third kappa shape index (κ3) is 2.67. The molecule has 0 amide bonds. The lowest BCUT2D eigenvalue weighted by Gasteiger charge is -2.52. The molecule has 0 radical (unpaired) electrons. The molecule has 17 heavy (non-hydrogen) atoms. The highest BCUT2D eigenvalue weighted by Crippen LogP contribution is 2.40. The predicted molar refractivity (Wildman–Crippen MR) is 70.9 cm³/mol. The molecule has 3 heteroatoms. The summed E-state index contributed by atoms with van der Waals surface area (Å²) in [5.74, 6) is 0.279. The Morgan fingerprint density at radius 2 is 1.59 bits per heavy atom. The lowest BCUT2D eigenvalue weighted by Crippen LogP contribution is -2.59. The summed E-state index contributed by atoms with van der Waals surface area (Å²) in [6, 6.07) is 0. The highest BCUT2D eigenvalue weighted by atomic mass is 16.3. The van der Waals surface area contributed by atoms with Gasteiger partial charge >= 0.3 is 0 Å². The largest absolute Gasteiger partial charge is 0.396 e. The van der Waals surface area contributed by atoms with E-state index in [1.807, 2.05) is 0 Å². The third-order valence-corrected chi connectivity index (χ3v) is 4.97. The van der Waals surface area contributed by atoms with Crippen molar-refractivity contribution in [2.75, 3.05) is 26.2 Å². The van der Waals surface area contributed by atoms with Crippen LogP contribution in [0.4, 0.5) is 0 Å². The van der Waals surface area contributed by atoms with Crippen LogP contribution in [0.2, 0.25) is 0 Å². The SMILES string of the molecule is NC[C@@H](CO)C1(N2CCCCC2)CCCCC1. The second kappa shape index (κ2) is 6.17. The van der Waals surface area contributed by atoms with Crippen LogP contribution in [0.1, 0.15) is 51.4 Å². The van der Waals surface area contributed by atoms with E-state index in [1.165, 1.54) is 64.5 Å². The maximum Gasteiger partial charge on any atom is 0.0489 e. The van der Waals surface area contributed by atoms with Crippen molar-refractivity contribution < 1.29 is 5.11 Å². The van der Waals surface area contributed by atoms with Gasteiger partial charge < -0.3 is 10.8 Å². The maximum absolute atomic E-state index is 9.67. The number of piperidine rings is 1. The minimum Gasteiger partial charge on any atom is -0.396 e. The lowest BCUT2D eigenvalue weighted by atomic mass is 9.71. The number of nitrogens with zero attached hydrogens (tertiary/aromatic N) is 1. The molecule has 100 valence electrons. The summed E-state index contributed by atoms with van der Waals surface area (Å²) in [5.41, 5.74) is 6.14. The van der Waals surface area contributed by atoms with Crippen LogP contribution < -0.4 is 5.73 Å². The molecule has 0 spiro atoms. The Kier molecular flexibility index (Phi) is 4.83. The van der Waals surface area contributed by atoms with Crippen molar-refractivity contribution >= 4 is 0 Å². The molecular weight excluding hydrogens is 212 g/mol. The van der Waals surface area contributed by atoms with Crippen LogP contribution in [-0.2, 0) is 0 Å². The fourth-order valence-corrected chi connectivity index (χ4v) is 3.95. The van der Waals surface area contributed by atoms with Crippen LogP contribution in [0.25, 0.3) is 0 Å². The number of nitrogens with two attached hydrogens (primary N) is 1. The van der Waals surface area contributed by atoms with Crippen molar-refractivity contribution in [1.82, 2.24) is 4.90 Å². The van der Waals surface area contributed by atoms with Gasteiger partial charge in [0.15, 0.2) is 0 Å². The van der Waals surface area contributed by atoms with Crippen molar-refractivity contribution in [3.8, 4) is 0 Å². The summed E-state index contributed by atoms with van der Waals surface area (Å²) in [4.78, 5) is 2.67. The highest BCUT2D eigenvalue weighted by molar-refractivity contribution is 4.99. The van der Waals surface area contributed by atoms with Crippen molar-refractivity contribution in [3.05, 3.63) is 0 Å². The van der Waals surface area contributed by atoms with E-state index in [1.54, 1.807) is 0 Å². The van der Waals surface area contributed by atoms with E-state index in [2.05, 4.69) is 4.90 Å². The molecule has 3 N–H and O–H groups in total. The Morgan fingerprint density at radius 1 is 1.00 bits per heavy atom. The summed E-state index contributed by atoms with van der Waals surface area (Å²) < 4.78 is 0. The van der Waals surface area contributed by atoms with Gasteiger partial charge in [-0.15, -0.1) is 0 Å². The summed E-state index contributed by atoms with van der Waals surface area (Å²) in [6.07, 6.45) is 10.5. The summed E-state index contributed by atoms with van der Waals surface area (Å²) in [6.45, 7) is 3.33. The van der Waals surface area contributed by atoms with Crippen molar-refractivity contribution in [2.45, 2.75) is 56.9 Å². The standard InChI is InChI=1S/C14H28N2O/c15-11-13(12-17)14(7-3-1-4-8-14)16-9-5-2-6-10-16/h13,17H,1-12,15H2/t13-/m0/s1. The van der Waals surface area contributed by atoms with Gasteiger partial charge in [0.25, 0.3) is 0 Å². The van der Waals surface area contributed by atoms with E-state index in [4.69, 9.17) is 5.73 Å². The normalized spacial score (nSPS) is 27.9. The average molecular weight is 240 g/mol. The molecule has 2 rings (SSSR count). The summed E-state index contributed by atoms with van der Waals surface area (Å²) in [7, 11) is 0. The average Bonchev–Trinajstić information content (AvgIpc) is 2.42. The maximum atomic E-state index is 9.67. The Morgan fingerprint density at radius 3 is 2.12 bits per heavy atom. The van der Waals surface area contributed by atoms with E-state index in [9.17, 15) is 5.11 Å². The second-order valence-electron chi connectivity index (χ2n) is 5.83. The van der Waals surface area contributed by atoms with Gasteiger partial charge in [-0.2, -0.15) is 0 Å². The first-order valence-electron chi connectivity index (χ1n) is 7.39. The molecule has 1 aliphatic heterocycles. The molecule has 0 aromatic carbocycles. The highest BCUT2D eigenvalue weighted by Gasteiger charge is 2.43. The van der Waals surface area contributed by atoms with E-state index in [0.717, 1.165) is 0 Å². The Bertz CT molecular complexity index is 216. The zero-order valence-corrected chi connectivity index (χ0v) is 11.0. The fourth-order valence-electron chi connectivity index (χ4n) is 3.95. The van der Waals surface area contributed by atoms with Crippen molar-refractivity contribution in [2.24, 2.45) is 11.7 Å². The van der Waals surface area contributed by atoms with Crippen molar-refractivity contribution in [1.29, 1.82) is 0 Å². The monoisotopic (exact) mass is 240 g/mol. The number of rotatable bonds is 4. The molecule has 2 aliphatic rings. The topological polar surface area (TPSA) is 49.5 Å². The van der Waals surface area contributed by atoms with Crippen molar-refractivity contribution in [3.63, 3.8) is 0 Å². The van der Waals surface area contributed by atoms with Gasteiger partial charge in [-0.05, 0) is 45.3 Å². The predicted octanol–water partition coefficient (Wildman–Crippen LogP) is 1.74. The number of aliphatic hydroxyl groups is 1. The number of likely N-dealkylation sites (tertiary alicyclic amines) is 1. The third-order valence-electron chi connectivity index (χ3n) is 4.97. The van der Waals surface area contributed by atoms with Crippen LogP contribution in [0.5, 0.6) is 0 Å². The smallest absolute Gasteiger partial charge is 0.0489 e. The van der Waals surface area contributed by atoms with Gasteiger partial charge in [0.2, 0.25) is 0 Å². The minimum atomic E-state index is 0.224. The molecule has 2 fully saturated rings. The molecule has 0 unspecified atom stereocenters. The quantitative estimate of drug-likeness (QED) is 0.787. The molecule has 1 saturated carbocycles. The number of hydrogen-bond acceptors (Lipinski definition) is 3. The van der Waals surface area contributed by atoms with Gasteiger partial charge in [0.1, 0.15) is 0 Å². The zero-order chi connectivity index (χ0) is 12.1. The fraction of sp³-hybridized carbons (Fsp3) is 1.00. The minimum absolute atomic E-state index is 0.224. The van der Waals surface area contributed by atoms with Gasteiger partial charge in [-0.25, -0.2) is 0 Å². The molecule has 0 bridgehead atoms. The Hall–Kier alpha value is -0.120. The van der Waals surface area contributed by atoms with Crippen LogP contribution in [-0.4, -0.2) is 41.8 Å². The first kappa shape index (κ1) is 13.3. The molecular formula is C14H28N2O. The first-order chi connectivity index (χ1) is 8.33. The zero-order valence-electron chi connectivity index (χ0n) is 11.0. The molecule has 1 aliphatic carbocycles. The number of hydrogen-bond donors (Lipinski definition) is 2. The Labute approximate surface area is 105 Å². The summed E-state index contributed by atoms with van der Waals surface area (Å²) >= 11 is 0. The summed E-state index contributed by atoms with van der Waals surface area (Å²) in [5, 5.41) is 9.67. The van der Waals surface area contributed by atoms with Gasteiger partial charge in [-0.3, -0.25) is 4.90 Å². The number of aliphatic hydroxyl groups excluding tert-OH is 1. The lowest BCUT2D eigenvalue weighted by molar-refractivity contribution is -0.0293. The molecule has 0 aromatic heterocycles. The van der Waals surface area contributed by atoms with E-state index in [0.29, 0.717) is 6.54 Å². The van der Waals surface area contributed by atoms with Gasteiger partial charge in [0.05, 0.1) is 0 Å². The van der Waals surface area contributed by atoms with Gasteiger partial charge in [0, 0.05) is 18.1 Å². The van der Waals surface area contributed by atoms with E-state index >= 15 is 0 Å². The molecule has 1 heterocycles.